The van der Waals surface area contributed by atoms with Crippen molar-refractivity contribution >= 4 is 34.4 Å². The van der Waals surface area contributed by atoms with Gasteiger partial charge in [-0.15, -0.1) is 0 Å². The monoisotopic (exact) mass is 429 g/mol. The Morgan fingerprint density at radius 2 is 1.56 bits per heavy atom. The van der Waals surface area contributed by atoms with Crippen LogP contribution in [-0.4, -0.2) is 25.9 Å². The molecule has 4 rings (SSSR count). The standard InChI is InChI=1S/C26H24FN3O2/c1-16-7-5-10-22(17(16)2)28-24-23(18-11-13-19(27)14-12-18)25(31)30(26(24)32)21-9-6-8-20(15-21)29(3)4/h5-15,28H,1-4H3. The fraction of sp³-hybridized carbons (Fsp3) is 0.154. The van der Waals surface area contributed by atoms with Crippen LogP contribution in [0.3, 0.4) is 0 Å². The minimum atomic E-state index is -0.453. The molecule has 1 aliphatic heterocycles. The Balaban J connectivity index is 1.84. The number of anilines is 3. The maximum absolute atomic E-state index is 13.6. The van der Waals surface area contributed by atoms with Crippen molar-refractivity contribution < 1.29 is 14.0 Å². The lowest BCUT2D eigenvalue weighted by atomic mass is 10.0. The van der Waals surface area contributed by atoms with Gasteiger partial charge >= 0.3 is 0 Å². The van der Waals surface area contributed by atoms with Gasteiger partial charge in [-0.1, -0.05) is 30.3 Å². The largest absolute Gasteiger partial charge is 0.378 e. The van der Waals surface area contributed by atoms with E-state index >= 15 is 0 Å². The topological polar surface area (TPSA) is 52.7 Å². The van der Waals surface area contributed by atoms with Gasteiger partial charge in [0.05, 0.1) is 11.3 Å². The van der Waals surface area contributed by atoms with E-state index in [2.05, 4.69) is 5.32 Å². The number of halogens is 1. The molecule has 0 saturated carbocycles. The van der Waals surface area contributed by atoms with Gasteiger partial charge < -0.3 is 10.2 Å². The average Bonchev–Trinajstić information content (AvgIpc) is 3.01. The number of carbonyl (C=O) groups excluding carboxylic acids is 2. The summed E-state index contributed by atoms with van der Waals surface area (Å²) in [5.41, 5.74) is 4.98. The zero-order chi connectivity index (χ0) is 23.0. The normalized spacial score (nSPS) is 13.7. The second-order valence-corrected chi connectivity index (χ2v) is 7.99. The predicted octanol–water partition coefficient (Wildman–Crippen LogP) is 4.91. The van der Waals surface area contributed by atoms with Crippen molar-refractivity contribution in [2.24, 2.45) is 0 Å². The number of rotatable bonds is 5. The van der Waals surface area contributed by atoms with Crippen molar-refractivity contribution in [3.63, 3.8) is 0 Å². The van der Waals surface area contributed by atoms with Crippen LogP contribution in [0.25, 0.3) is 5.57 Å². The van der Waals surface area contributed by atoms with Crippen molar-refractivity contribution in [3.05, 3.63) is 94.9 Å². The lowest BCUT2D eigenvalue weighted by molar-refractivity contribution is -0.120. The summed E-state index contributed by atoms with van der Waals surface area (Å²) < 4.78 is 13.6. The number of aryl methyl sites for hydroxylation is 1. The van der Waals surface area contributed by atoms with Crippen LogP contribution in [0.5, 0.6) is 0 Å². The number of imide groups is 1. The Hall–Kier alpha value is -3.93. The van der Waals surface area contributed by atoms with E-state index in [1.807, 2.05) is 57.1 Å². The number of amides is 2. The Morgan fingerprint density at radius 1 is 0.875 bits per heavy atom. The molecule has 0 aliphatic carbocycles. The molecule has 0 atom stereocenters. The number of nitrogens with zero attached hydrogens (tertiary/aromatic N) is 2. The molecule has 1 N–H and O–H groups in total. The summed E-state index contributed by atoms with van der Waals surface area (Å²) in [4.78, 5) is 30.1. The molecule has 5 nitrogen and oxygen atoms in total. The molecule has 162 valence electrons. The van der Waals surface area contributed by atoms with Crippen molar-refractivity contribution in [3.8, 4) is 0 Å². The molecule has 32 heavy (non-hydrogen) atoms. The number of hydrogen-bond donors (Lipinski definition) is 1. The SMILES string of the molecule is Cc1cccc(NC2=C(c3ccc(F)cc3)C(=O)N(c3cccc(N(C)C)c3)C2=O)c1C. The Bertz CT molecular complexity index is 1250. The highest BCUT2D eigenvalue weighted by atomic mass is 19.1. The molecular weight excluding hydrogens is 405 g/mol. The van der Waals surface area contributed by atoms with E-state index in [0.717, 1.165) is 22.5 Å². The predicted molar refractivity (Wildman–Crippen MR) is 126 cm³/mol. The fourth-order valence-corrected chi connectivity index (χ4v) is 3.70. The first kappa shape index (κ1) is 21.3. The summed E-state index contributed by atoms with van der Waals surface area (Å²) in [6, 6.07) is 18.6. The first-order chi connectivity index (χ1) is 15.3. The summed E-state index contributed by atoms with van der Waals surface area (Å²) in [5, 5.41) is 3.19. The Morgan fingerprint density at radius 3 is 2.25 bits per heavy atom. The average molecular weight is 429 g/mol. The van der Waals surface area contributed by atoms with Gasteiger partial charge in [-0.25, -0.2) is 9.29 Å². The Kier molecular flexibility index (Phi) is 5.53. The summed E-state index contributed by atoms with van der Waals surface area (Å²) >= 11 is 0. The van der Waals surface area contributed by atoms with E-state index in [9.17, 15) is 14.0 Å². The molecule has 0 fully saturated rings. The van der Waals surface area contributed by atoms with Gasteiger partial charge in [0.2, 0.25) is 0 Å². The van der Waals surface area contributed by atoms with Gasteiger partial charge in [0.1, 0.15) is 11.5 Å². The fourth-order valence-electron chi connectivity index (χ4n) is 3.70. The molecule has 1 aliphatic rings. The van der Waals surface area contributed by atoms with Crippen LogP contribution in [0, 0.1) is 19.7 Å². The summed E-state index contributed by atoms with van der Waals surface area (Å²) in [7, 11) is 3.78. The molecular formula is C26H24FN3O2. The second kappa shape index (κ2) is 8.30. The highest BCUT2D eigenvalue weighted by Gasteiger charge is 2.40. The van der Waals surface area contributed by atoms with Crippen LogP contribution in [0.4, 0.5) is 21.5 Å². The molecule has 0 spiro atoms. The quantitative estimate of drug-likeness (QED) is 0.586. The zero-order valence-electron chi connectivity index (χ0n) is 18.4. The van der Waals surface area contributed by atoms with Gasteiger partial charge in [0, 0.05) is 25.5 Å². The highest BCUT2D eigenvalue weighted by Crippen LogP contribution is 2.35. The number of hydrogen-bond acceptors (Lipinski definition) is 4. The maximum atomic E-state index is 13.6. The zero-order valence-corrected chi connectivity index (χ0v) is 18.4. The van der Waals surface area contributed by atoms with E-state index in [0.29, 0.717) is 11.3 Å². The molecule has 0 unspecified atom stereocenters. The number of carbonyl (C=O) groups is 2. The number of nitrogens with one attached hydrogen (secondary N) is 1. The maximum Gasteiger partial charge on any atom is 0.282 e. The van der Waals surface area contributed by atoms with Crippen LogP contribution in [0.2, 0.25) is 0 Å². The van der Waals surface area contributed by atoms with Crippen molar-refractivity contribution in [2.75, 3.05) is 29.2 Å². The van der Waals surface area contributed by atoms with E-state index in [1.54, 1.807) is 18.2 Å². The van der Waals surface area contributed by atoms with Crippen LogP contribution >= 0.6 is 0 Å². The summed E-state index contributed by atoms with van der Waals surface area (Å²) in [6.45, 7) is 3.94. The van der Waals surface area contributed by atoms with Crippen molar-refractivity contribution in [2.45, 2.75) is 13.8 Å². The third-order valence-electron chi connectivity index (χ3n) is 5.69. The van der Waals surface area contributed by atoms with Gasteiger partial charge in [-0.3, -0.25) is 9.59 Å². The molecule has 2 amide bonds. The van der Waals surface area contributed by atoms with E-state index in [1.165, 1.54) is 29.2 Å². The molecule has 0 saturated heterocycles. The van der Waals surface area contributed by atoms with Crippen molar-refractivity contribution in [1.82, 2.24) is 0 Å². The Labute approximate surface area is 186 Å². The second-order valence-electron chi connectivity index (χ2n) is 7.99. The van der Waals surface area contributed by atoms with Gasteiger partial charge in [-0.05, 0) is 66.9 Å². The van der Waals surface area contributed by atoms with Crippen LogP contribution < -0.4 is 15.1 Å². The molecule has 3 aromatic rings. The van der Waals surface area contributed by atoms with E-state index in [-0.39, 0.29) is 11.3 Å². The molecule has 0 bridgehead atoms. The molecule has 6 heteroatoms. The number of benzene rings is 3. The summed E-state index contributed by atoms with van der Waals surface area (Å²) in [6.07, 6.45) is 0. The van der Waals surface area contributed by atoms with E-state index in [4.69, 9.17) is 0 Å². The van der Waals surface area contributed by atoms with Crippen molar-refractivity contribution in [1.29, 1.82) is 0 Å². The molecule has 0 aromatic heterocycles. The van der Waals surface area contributed by atoms with Gasteiger partial charge in [-0.2, -0.15) is 0 Å². The lowest BCUT2D eigenvalue weighted by Crippen LogP contribution is -2.32. The third kappa shape index (κ3) is 3.75. The molecule has 3 aromatic carbocycles. The van der Waals surface area contributed by atoms with E-state index < -0.39 is 17.6 Å². The lowest BCUT2D eigenvalue weighted by Gasteiger charge is -2.19. The summed E-state index contributed by atoms with van der Waals surface area (Å²) in [5.74, 6) is -1.32. The van der Waals surface area contributed by atoms with Gasteiger partial charge in [0.25, 0.3) is 11.8 Å². The van der Waals surface area contributed by atoms with Gasteiger partial charge in [0.15, 0.2) is 0 Å². The first-order valence-corrected chi connectivity index (χ1v) is 10.3. The molecule has 0 radical (unpaired) electrons. The van der Waals surface area contributed by atoms with Crippen LogP contribution in [-0.2, 0) is 9.59 Å². The van der Waals surface area contributed by atoms with Crippen LogP contribution in [0.15, 0.2) is 72.4 Å². The smallest absolute Gasteiger partial charge is 0.282 e. The molecule has 1 heterocycles. The third-order valence-corrected chi connectivity index (χ3v) is 5.69. The minimum Gasteiger partial charge on any atom is -0.378 e. The first-order valence-electron chi connectivity index (χ1n) is 10.3. The highest BCUT2D eigenvalue weighted by molar-refractivity contribution is 6.46. The van der Waals surface area contributed by atoms with Crippen LogP contribution in [0.1, 0.15) is 16.7 Å². The minimum absolute atomic E-state index is 0.172.